The second-order valence-corrected chi connectivity index (χ2v) is 2.62. The fourth-order valence-corrected chi connectivity index (χ4v) is 1.02. The molecule has 0 saturated heterocycles. The molecule has 1 aromatic heterocycles. The highest BCUT2D eigenvalue weighted by Crippen LogP contribution is 2.12. The Labute approximate surface area is 67.6 Å². The zero-order valence-corrected chi connectivity index (χ0v) is 6.80. The molecule has 3 heteroatoms. The molecule has 1 rings (SSSR count). The van der Waals surface area contributed by atoms with E-state index in [2.05, 4.69) is 20.9 Å². The van der Waals surface area contributed by atoms with Crippen LogP contribution < -0.4 is 0 Å². The summed E-state index contributed by atoms with van der Waals surface area (Å²) in [5, 5.41) is 8.33. The molecule has 0 bridgehead atoms. The van der Waals surface area contributed by atoms with Crippen LogP contribution in [0.3, 0.4) is 0 Å². The van der Waals surface area contributed by atoms with Crippen molar-refractivity contribution in [2.75, 3.05) is 0 Å². The molecule has 0 atom stereocenters. The summed E-state index contributed by atoms with van der Waals surface area (Å²) in [6.45, 7) is 0. The zero-order chi connectivity index (χ0) is 7.40. The van der Waals surface area contributed by atoms with Gasteiger partial charge in [-0.05, 0) is 28.1 Å². The van der Waals surface area contributed by atoms with Crippen molar-refractivity contribution in [2.45, 2.75) is 6.42 Å². The summed E-state index contributed by atoms with van der Waals surface area (Å²) in [5.74, 6) is 0. The van der Waals surface area contributed by atoms with E-state index in [1.54, 1.807) is 6.20 Å². The Balaban J connectivity index is 2.94. The third kappa shape index (κ3) is 1.55. The Bertz CT molecular complexity index is 265. The summed E-state index contributed by atoms with van der Waals surface area (Å²) >= 11 is 3.28. The smallest absolute Gasteiger partial charge is 0.0786 e. The third-order valence-electron chi connectivity index (χ3n) is 1.08. The summed E-state index contributed by atoms with van der Waals surface area (Å²) in [5.41, 5.74) is 0.796. The van der Waals surface area contributed by atoms with E-state index < -0.39 is 0 Å². The van der Waals surface area contributed by atoms with Crippen molar-refractivity contribution in [1.29, 1.82) is 5.26 Å². The van der Waals surface area contributed by atoms with Crippen molar-refractivity contribution in [3.05, 3.63) is 28.5 Å². The molecular weight excluding hydrogens is 192 g/mol. The van der Waals surface area contributed by atoms with Gasteiger partial charge in [-0.2, -0.15) is 5.26 Å². The minimum absolute atomic E-state index is 0.363. The number of aromatic nitrogens is 1. The normalized spacial score (nSPS) is 8.80. The molecule has 0 aliphatic heterocycles. The molecule has 1 heterocycles. The number of nitrogens with zero attached hydrogens (tertiary/aromatic N) is 2. The first-order valence-corrected chi connectivity index (χ1v) is 3.60. The van der Waals surface area contributed by atoms with Crippen molar-refractivity contribution in [1.82, 2.24) is 4.98 Å². The molecule has 0 N–H and O–H groups in total. The van der Waals surface area contributed by atoms with Crippen LogP contribution in [0.1, 0.15) is 5.69 Å². The molecular formula is C7H5BrN2. The van der Waals surface area contributed by atoms with Gasteiger partial charge in [0.15, 0.2) is 0 Å². The van der Waals surface area contributed by atoms with Gasteiger partial charge in [0.1, 0.15) is 0 Å². The van der Waals surface area contributed by atoms with E-state index in [4.69, 9.17) is 5.26 Å². The molecule has 1 aromatic rings. The van der Waals surface area contributed by atoms with E-state index in [1.807, 2.05) is 18.2 Å². The van der Waals surface area contributed by atoms with Gasteiger partial charge in [0, 0.05) is 10.7 Å². The van der Waals surface area contributed by atoms with Gasteiger partial charge in [-0.15, -0.1) is 0 Å². The topological polar surface area (TPSA) is 36.7 Å². The fourth-order valence-electron chi connectivity index (χ4n) is 0.623. The zero-order valence-electron chi connectivity index (χ0n) is 5.21. The van der Waals surface area contributed by atoms with Crippen LogP contribution in [0.25, 0.3) is 0 Å². The second-order valence-electron chi connectivity index (χ2n) is 1.77. The van der Waals surface area contributed by atoms with Crippen LogP contribution in [0.5, 0.6) is 0 Å². The average Bonchev–Trinajstić information content (AvgIpc) is 1.94. The SMILES string of the molecule is N#CCc1ncccc1Br. The van der Waals surface area contributed by atoms with E-state index in [1.165, 1.54) is 0 Å². The number of rotatable bonds is 1. The number of nitriles is 1. The fraction of sp³-hybridized carbons (Fsp3) is 0.143. The molecule has 0 aromatic carbocycles. The van der Waals surface area contributed by atoms with E-state index in [0.29, 0.717) is 6.42 Å². The minimum Gasteiger partial charge on any atom is -0.259 e. The first kappa shape index (κ1) is 7.23. The third-order valence-corrected chi connectivity index (χ3v) is 1.80. The van der Waals surface area contributed by atoms with Crippen molar-refractivity contribution < 1.29 is 0 Å². The maximum Gasteiger partial charge on any atom is 0.0786 e. The van der Waals surface area contributed by atoms with Gasteiger partial charge in [0.05, 0.1) is 18.2 Å². The standard InChI is InChI=1S/C7H5BrN2/c8-6-2-1-5-10-7(6)3-4-9/h1-2,5H,3H2. The van der Waals surface area contributed by atoms with Crippen LogP contribution in [0, 0.1) is 11.3 Å². The highest BCUT2D eigenvalue weighted by molar-refractivity contribution is 9.10. The molecule has 0 amide bonds. The highest BCUT2D eigenvalue weighted by atomic mass is 79.9. The van der Waals surface area contributed by atoms with E-state index in [-0.39, 0.29) is 0 Å². The number of pyridine rings is 1. The predicted octanol–water partition coefficient (Wildman–Crippen LogP) is 1.91. The van der Waals surface area contributed by atoms with E-state index >= 15 is 0 Å². The second kappa shape index (κ2) is 3.33. The Morgan fingerprint density at radius 2 is 2.50 bits per heavy atom. The molecule has 0 aliphatic carbocycles. The quantitative estimate of drug-likeness (QED) is 0.689. The maximum atomic E-state index is 8.33. The molecule has 0 fully saturated rings. The summed E-state index contributed by atoms with van der Waals surface area (Å²) in [6, 6.07) is 5.73. The van der Waals surface area contributed by atoms with Gasteiger partial charge < -0.3 is 0 Å². The van der Waals surface area contributed by atoms with Gasteiger partial charge in [-0.1, -0.05) is 0 Å². The lowest BCUT2D eigenvalue weighted by atomic mass is 10.3. The van der Waals surface area contributed by atoms with Crippen LogP contribution in [0.2, 0.25) is 0 Å². The number of hydrogen-bond acceptors (Lipinski definition) is 2. The summed E-state index contributed by atoms with van der Waals surface area (Å²) < 4.78 is 0.900. The van der Waals surface area contributed by atoms with Gasteiger partial charge >= 0.3 is 0 Å². The van der Waals surface area contributed by atoms with Crippen LogP contribution in [0.4, 0.5) is 0 Å². The molecule has 0 spiro atoms. The maximum absolute atomic E-state index is 8.33. The first-order chi connectivity index (χ1) is 4.84. The Morgan fingerprint density at radius 3 is 3.10 bits per heavy atom. The largest absolute Gasteiger partial charge is 0.259 e. The predicted molar refractivity (Wildman–Crippen MR) is 41.3 cm³/mol. The van der Waals surface area contributed by atoms with E-state index in [9.17, 15) is 0 Å². The number of hydrogen-bond donors (Lipinski definition) is 0. The average molecular weight is 197 g/mol. The van der Waals surface area contributed by atoms with Gasteiger partial charge in [-0.3, -0.25) is 4.98 Å². The molecule has 50 valence electrons. The molecule has 0 radical (unpaired) electrons. The summed E-state index contributed by atoms with van der Waals surface area (Å²) in [4.78, 5) is 4.00. The summed E-state index contributed by atoms with van der Waals surface area (Å²) in [7, 11) is 0. The van der Waals surface area contributed by atoms with E-state index in [0.717, 1.165) is 10.2 Å². The van der Waals surface area contributed by atoms with Gasteiger partial charge in [0.2, 0.25) is 0 Å². The Hall–Kier alpha value is -0.880. The molecule has 10 heavy (non-hydrogen) atoms. The Kier molecular flexibility index (Phi) is 2.41. The van der Waals surface area contributed by atoms with Crippen molar-refractivity contribution in [3.63, 3.8) is 0 Å². The van der Waals surface area contributed by atoms with Crippen molar-refractivity contribution >= 4 is 15.9 Å². The molecule has 2 nitrogen and oxygen atoms in total. The van der Waals surface area contributed by atoms with Crippen LogP contribution >= 0.6 is 15.9 Å². The Morgan fingerprint density at radius 1 is 1.70 bits per heavy atom. The molecule has 0 unspecified atom stereocenters. The van der Waals surface area contributed by atoms with Crippen LogP contribution in [-0.2, 0) is 6.42 Å². The molecule has 0 saturated carbocycles. The van der Waals surface area contributed by atoms with Gasteiger partial charge in [0.25, 0.3) is 0 Å². The lowest BCUT2D eigenvalue weighted by molar-refractivity contribution is 1.10. The molecule has 0 aliphatic rings. The summed E-state index contributed by atoms with van der Waals surface area (Å²) in [6.07, 6.45) is 2.04. The first-order valence-electron chi connectivity index (χ1n) is 2.81. The van der Waals surface area contributed by atoms with Crippen molar-refractivity contribution in [3.8, 4) is 6.07 Å². The highest BCUT2D eigenvalue weighted by Gasteiger charge is 1.96. The minimum atomic E-state index is 0.363. The van der Waals surface area contributed by atoms with Crippen LogP contribution in [0.15, 0.2) is 22.8 Å². The lowest BCUT2D eigenvalue weighted by Crippen LogP contribution is -1.86. The van der Waals surface area contributed by atoms with Crippen molar-refractivity contribution in [2.24, 2.45) is 0 Å². The monoisotopic (exact) mass is 196 g/mol. The lowest BCUT2D eigenvalue weighted by Gasteiger charge is -1.94. The van der Waals surface area contributed by atoms with Gasteiger partial charge in [-0.25, -0.2) is 0 Å². The number of halogens is 1. The van der Waals surface area contributed by atoms with Crippen LogP contribution in [-0.4, -0.2) is 4.98 Å².